The van der Waals surface area contributed by atoms with Crippen molar-refractivity contribution < 1.29 is 13.9 Å². The van der Waals surface area contributed by atoms with Crippen LogP contribution < -0.4 is 0 Å². The van der Waals surface area contributed by atoms with E-state index in [9.17, 15) is 9.18 Å². The summed E-state index contributed by atoms with van der Waals surface area (Å²) in [5.74, 6) is -0.746. The quantitative estimate of drug-likeness (QED) is 0.735. The monoisotopic (exact) mass is 225 g/mol. The van der Waals surface area contributed by atoms with Crippen molar-refractivity contribution in [3.05, 3.63) is 35.1 Å². The van der Waals surface area contributed by atoms with Gasteiger partial charge in [-0.15, -0.1) is 0 Å². The molecule has 0 aliphatic carbocycles. The maximum absolute atomic E-state index is 13.1. The number of carbonyl (C=O) groups excluding carboxylic acids is 1. The van der Waals surface area contributed by atoms with E-state index in [0.717, 1.165) is 0 Å². The smallest absolute Gasteiger partial charge is 0.338 e. The van der Waals surface area contributed by atoms with E-state index in [-0.39, 0.29) is 5.82 Å². The Morgan fingerprint density at radius 3 is 2.69 bits per heavy atom. The first-order chi connectivity index (χ1) is 7.54. The predicted molar refractivity (Wildman–Crippen MR) is 59.7 cm³/mol. The topological polar surface area (TPSA) is 29.5 Å². The van der Waals surface area contributed by atoms with Crippen molar-refractivity contribution in [2.24, 2.45) is 0 Å². The minimum Gasteiger partial charge on any atom is -0.462 e. The molecule has 0 unspecified atom stereocenters. The van der Waals surface area contributed by atoms with Gasteiger partial charge in [0.1, 0.15) is 5.82 Å². The lowest BCUT2D eigenvalue weighted by atomic mass is 10.1. The SMILES string of the molecule is CCOC(=O)c1ccc(F)cc1CN(C)C. The lowest BCUT2D eigenvalue weighted by molar-refractivity contribution is 0.0524. The number of ether oxygens (including phenoxy) is 1. The molecule has 0 aromatic heterocycles. The number of benzene rings is 1. The fourth-order valence-electron chi connectivity index (χ4n) is 1.44. The summed E-state index contributed by atoms with van der Waals surface area (Å²) in [4.78, 5) is 13.5. The normalized spacial score (nSPS) is 10.6. The Labute approximate surface area is 94.8 Å². The number of nitrogens with zero attached hydrogens (tertiary/aromatic N) is 1. The van der Waals surface area contributed by atoms with Gasteiger partial charge in [0, 0.05) is 6.54 Å². The molecule has 16 heavy (non-hydrogen) atoms. The van der Waals surface area contributed by atoms with Crippen molar-refractivity contribution in [1.29, 1.82) is 0 Å². The van der Waals surface area contributed by atoms with Crippen LogP contribution in [0.15, 0.2) is 18.2 Å². The fraction of sp³-hybridized carbons (Fsp3) is 0.417. The van der Waals surface area contributed by atoms with E-state index in [1.54, 1.807) is 6.92 Å². The van der Waals surface area contributed by atoms with E-state index in [4.69, 9.17) is 4.74 Å². The van der Waals surface area contributed by atoms with E-state index >= 15 is 0 Å². The van der Waals surface area contributed by atoms with Crippen LogP contribution in [-0.4, -0.2) is 31.6 Å². The van der Waals surface area contributed by atoms with Crippen molar-refractivity contribution in [1.82, 2.24) is 4.90 Å². The number of rotatable bonds is 4. The minimum atomic E-state index is -0.403. The van der Waals surface area contributed by atoms with Crippen LogP contribution in [0.5, 0.6) is 0 Å². The number of hydrogen-bond acceptors (Lipinski definition) is 3. The molecule has 88 valence electrons. The molecule has 0 aliphatic rings. The molecule has 0 heterocycles. The van der Waals surface area contributed by atoms with Gasteiger partial charge in [-0.25, -0.2) is 9.18 Å². The maximum atomic E-state index is 13.1. The van der Waals surface area contributed by atoms with Crippen molar-refractivity contribution in [2.75, 3.05) is 20.7 Å². The second-order valence-corrected chi connectivity index (χ2v) is 3.76. The summed E-state index contributed by atoms with van der Waals surface area (Å²) in [5.41, 5.74) is 1.07. The van der Waals surface area contributed by atoms with Gasteiger partial charge in [-0.1, -0.05) is 0 Å². The highest BCUT2D eigenvalue weighted by molar-refractivity contribution is 5.91. The third-order valence-corrected chi connectivity index (χ3v) is 2.05. The third kappa shape index (κ3) is 3.31. The van der Waals surface area contributed by atoms with E-state index in [1.807, 2.05) is 19.0 Å². The predicted octanol–water partition coefficient (Wildman–Crippen LogP) is 2.06. The lowest BCUT2D eigenvalue weighted by Crippen LogP contribution is -2.15. The van der Waals surface area contributed by atoms with Gasteiger partial charge in [-0.3, -0.25) is 0 Å². The van der Waals surface area contributed by atoms with E-state index < -0.39 is 5.97 Å². The zero-order valence-electron chi connectivity index (χ0n) is 9.79. The standard InChI is InChI=1S/C12H16FNO2/c1-4-16-12(15)11-6-5-10(13)7-9(11)8-14(2)3/h5-7H,4,8H2,1-3H3. The molecule has 0 atom stereocenters. The van der Waals surface area contributed by atoms with Gasteiger partial charge in [0.15, 0.2) is 0 Å². The molecule has 0 amide bonds. The molecule has 1 aromatic rings. The van der Waals surface area contributed by atoms with Crippen LogP contribution >= 0.6 is 0 Å². The van der Waals surface area contributed by atoms with Crippen LogP contribution in [0, 0.1) is 5.82 Å². The maximum Gasteiger partial charge on any atom is 0.338 e. The molecule has 1 aromatic carbocycles. The van der Waals surface area contributed by atoms with Crippen molar-refractivity contribution in [2.45, 2.75) is 13.5 Å². The van der Waals surface area contributed by atoms with Crippen molar-refractivity contribution >= 4 is 5.97 Å². The summed E-state index contributed by atoms with van der Waals surface area (Å²) in [7, 11) is 3.72. The van der Waals surface area contributed by atoms with Crippen molar-refractivity contribution in [3.8, 4) is 0 Å². The van der Waals surface area contributed by atoms with Crippen LogP contribution in [-0.2, 0) is 11.3 Å². The molecule has 0 radical (unpaired) electrons. The minimum absolute atomic E-state index is 0.317. The summed E-state index contributed by atoms with van der Waals surface area (Å²) in [6, 6.07) is 4.10. The first kappa shape index (κ1) is 12.6. The summed E-state index contributed by atoms with van der Waals surface area (Å²) in [6.07, 6.45) is 0. The molecule has 0 N–H and O–H groups in total. The fourth-order valence-corrected chi connectivity index (χ4v) is 1.44. The summed E-state index contributed by atoms with van der Waals surface area (Å²) in [6.45, 7) is 2.57. The van der Waals surface area contributed by atoms with Gasteiger partial charge in [0.2, 0.25) is 0 Å². The first-order valence-corrected chi connectivity index (χ1v) is 5.15. The Hall–Kier alpha value is -1.42. The second-order valence-electron chi connectivity index (χ2n) is 3.76. The largest absolute Gasteiger partial charge is 0.462 e. The molecule has 0 aliphatic heterocycles. The van der Waals surface area contributed by atoms with Crippen LogP contribution in [0.25, 0.3) is 0 Å². The summed E-state index contributed by atoms with van der Waals surface area (Å²) >= 11 is 0. The summed E-state index contributed by atoms with van der Waals surface area (Å²) in [5, 5.41) is 0. The van der Waals surface area contributed by atoms with Gasteiger partial charge in [0.25, 0.3) is 0 Å². The Kier molecular flexibility index (Phi) is 4.43. The molecule has 0 bridgehead atoms. The Bertz CT molecular complexity index is 377. The molecule has 1 rings (SSSR count). The van der Waals surface area contributed by atoms with Crippen LogP contribution in [0.2, 0.25) is 0 Å². The number of hydrogen-bond donors (Lipinski definition) is 0. The Morgan fingerprint density at radius 1 is 1.44 bits per heavy atom. The molecule has 0 saturated carbocycles. The molecule has 0 spiro atoms. The van der Waals surface area contributed by atoms with E-state index in [1.165, 1.54) is 18.2 Å². The number of esters is 1. The summed E-state index contributed by atoms with van der Waals surface area (Å²) < 4.78 is 18.0. The molecule has 0 saturated heterocycles. The molecule has 4 heteroatoms. The van der Waals surface area contributed by atoms with Crippen LogP contribution in [0.1, 0.15) is 22.8 Å². The van der Waals surface area contributed by atoms with Gasteiger partial charge in [-0.2, -0.15) is 0 Å². The molecule has 3 nitrogen and oxygen atoms in total. The van der Waals surface area contributed by atoms with Gasteiger partial charge in [0.05, 0.1) is 12.2 Å². The van der Waals surface area contributed by atoms with E-state index in [0.29, 0.717) is 24.3 Å². The average Bonchev–Trinajstić information content (AvgIpc) is 2.16. The number of halogens is 1. The van der Waals surface area contributed by atoms with Crippen LogP contribution in [0.4, 0.5) is 4.39 Å². The zero-order chi connectivity index (χ0) is 12.1. The number of carbonyl (C=O) groups is 1. The average molecular weight is 225 g/mol. The Balaban J connectivity index is 3.02. The van der Waals surface area contributed by atoms with Gasteiger partial charge >= 0.3 is 5.97 Å². The van der Waals surface area contributed by atoms with Gasteiger partial charge in [-0.05, 0) is 44.8 Å². The van der Waals surface area contributed by atoms with Crippen LogP contribution in [0.3, 0.4) is 0 Å². The highest BCUT2D eigenvalue weighted by Crippen LogP contribution is 2.14. The van der Waals surface area contributed by atoms with Crippen molar-refractivity contribution in [3.63, 3.8) is 0 Å². The highest BCUT2D eigenvalue weighted by Gasteiger charge is 2.13. The van der Waals surface area contributed by atoms with E-state index in [2.05, 4.69) is 0 Å². The second kappa shape index (κ2) is 5.61. The first-order valence-electron chi connectivity index (χ1n) is 5.15. The molecular formula is C12H16FNO2. The zero-order valence-corrected chi connectivity index (χ0v) is 9.79. The highest BCUT2D eigenvalue weighted by atomic mass is 19.1. The molecule has 0 fully saturated rings. The Morgan fingerprint density at radius 2 is 2.12 bits per heavy atom. The van der Waals surface area contributed by atoms with Gasteiger partial charge < -0.3 is 9.64 Å². The molecular weight excluding hydrogens is 209 g/mol. The lowest BCUT2D eigenvalue weighted by Gasteiger charge is -2.13. The third-order valence-electron chi connectivity index (χ3n) is 2.05.